The molecule has 21 heavy (non-hydrogen) atoms. The van der Waals surface area contributed by atoms with Gasteiger partial charge in [-0.1, -0.05) is 12.5 Å². The highest BCUT2D eigenvalue weighted by Crippen LogP contribution is 2.38. The predicted molar refractivity (Wildman–Crippen MR) is 71.6 cm³/mol. The van der Waals surface area contributed by atoms with E-state index < -0.39 is 35.0 Å². The molecule has 0 spiro atoms. The van der Waals surface area contributed by atoms with Crippen LogP contribution in [0.2, 0.25) is 0 Å². The van der Waals surface area contributed by atoms with Crippen LogP contribution in [0, 0.1) is 17.0 Å². The fourth-order valence-electron chi connectivity index (χ4n) is 2.74. The van der Waals surface area contributed by atoms with Gasteiger partial charge in [0.05, 0.1) is 11.8 Å². The van der Waals surface area contributed by atoms with Crippen molar-refractivity contribution in [1.82, 2.24) is 5.32 Å². The van der Waals surface area contributed by atoms with Crippen molar-refractivity contribution in [3.63, 3.8) is 0 Å². The lowest BCUT2D eigenvalue weighted by Gasteiger charge is -2.27. The maximum absolute atomic E-state index is 13.5. The number of nitrogens with one attached hydrogen (secondary N) is 1. The van der Waals surface area contributed by atoms with E-state index in [0.717, 1.165) is 18.6 Å². The summed E-state index contributed by atoms with van der Waals surface area (Å²) < 4.78 is 26.3. The van der Waals surface area contributed by atoms with E-state index in [4.69, 9.17) is 0 Å². The summed E-state index contributed by atoms with van der Waals surface area (Å²) in [6, 6.07) is 2.56. The van der Waals surface area contributed by atoms with Crippen LogP contribution in [0.5, 0.6) is 0 Å². The summed E-state index contributed by atoms with van der Waals surface area (Å²) in [5.74, 6) is -2.89. The van der Waals surface area contributed by atoms with Crippen molar-refractivity contribution < 1.29 is 23.5 Å². The van der Waals surface area contributed by atoms with Crippen LogP contribution in [0.15, 0.2) is 18.2 Å². The van der Waals surface area contributed by atoms with Gasteiger partial charge in [0.25, 0.3) is 0 Å². The van der Waals surface area contributed by atoms with Gasteiger partial charge < -0.3 is 10.4 Å². The van der Waals surface area contributed by atoms with Crippen LogP contribution in [0.4, 0.5) is 8.78 Å². The summed E-state index contributed by atoms with van der Waals surface area (Å²) in [5, 5.41) is 11.9. The Morgan fingerprint density at radius 3 is 2.76 bits per heavy atom. The molecule has 1 amide bonds. The first-order valence-electron chi connectivity index (χ1n) is 6.79. The summed E-state index contributed by atoms with van der Waals surface area (Å²) in [7, 11) is 0. The van der Waals surface area contributed by atoms with Crippen molar-refractivity contribution in [2.45, 2.75) is 38.6 Å². The molecule has 0 aromatic heterocycles. The Hall–Kier alpha value is -1.98. The molecule has 2 atom stereocenters. The second-order valence-electron chi connectivity index (χ2n) is 5.65. The lowest BCUT2D eigenvalue weighted by Crippen LogP contribution is -2.47. The molecule has 6 heteroatoms. The highest BCUT2D eigenvalue weighted by Gasteiger charge is 2.45. The summed E-state index contributed by atoms with van der Waals surface area (Å²) in [4.78, 5) is 23.3. The quantitative estimate of drug-likeness (QED) is 0.896. The van der Waals surface area contributed by atoms with Gasteiger partial charge >= 0.3 is 5.97 Å². The van der Waals surface area contributed by atoms with Gasteiger partial charge in [-0.2, -0.15) is 0 Å². The van der Waals surface area contributed by atoms with Crippen molar-refractivity contribution in [2.75, 3.05) is 0 Å². The number of carboxylic acid groups (broad SMARTS) is 1. The van der Waals surface area contributed by atoms with E-state index >= 15 is 0 Å². The summed E-state index contributed by atoms with van der Waals surface area (Å²) in [6.45, 7) is 1.60. The number of carboxylic acids is 1. The molecule has 1 aliphatic rings. The van der Waals surface area contributed by atoms with Crippen LogP contribution in [0.3, 0.4) is 0 Å². The minimum atomic E-state index is -0.989. The van der Waals surface area contributed by atoms with E-state index in [1.165, 1.54) is 6.07 Å². The largest absolute Gasteiger partial charge is 0.481 e. The molecule has 1 fully saturated rings. The first kappa shape index (κ1) is 15.4. The second-order valence-corrected chi connectivity index (χ2v) is 5.65. The fraction of sp³-hybridized carbons (Fsp3) is 0.467. The summed E-state index contributed by atoms with van der Waals surface area (Å²) in [5.41, 5.74) is -0.902. The monoisotopic (exact) mass is 297 g/mol. The van der Waals surface area contributed by atoms with Crippen LogP contribution in [0.25, 0.3) is 0 Å². The number of carbonyl (C=O) groups is 2. The number of rotatable bonds is 4. The zero-order valence-corrected chi connectivity index (χ0v) is 11.7. The van der Waals surface area contributed by atoms with Crippen LogP contribution in [-0.2, 0) is 16.0 Å². The van der Waals surface area contributed by atoms with E-state index in [2.05, 4.69) is 5.32 Å². The number of aliphatic carboxylic acids is 1. The maximum Gasteiger partial charge on any atom is 0.311 e. The Labute approximate surface area is 121 Å². The highest BCUT2D eigenvalue weighted by atomic mass is 19.1. The number of carbonyl (C=O) groups excluding carboxylic acids is 1. The minimum Gasteiger partial charge on any atom is -0.481 e. The fourth-order valence-corrected chi connectivity index (χ4v) is 2.74. The Morgan fingerprint density at radius 1 is 1.43 bits per heavy atom. The van der Waals surface area contributed by atoms with Crippen molar-refractivity contribution in [3.05, 3.63) is 35.4 Å². The number of benzene rings is 1. The van der Waals surface area contributed by atoms with Crippen molar-refractivity contribution >= 4 is 11.9 Å². The van der Waals surface area contributed by atoms with E-state index in [-0.39, 0.29) is 12.0 Å². The Balaban J connectivity index is 2.03. The Bertz CT molecular complexity index is 576. The van der Waals surface area contributed by atoms with Crippen LogP contribution in [0.1, 0.15) is 31.7 Å². The molecular weight excluding hydrogens is 280 g/mol. The molecule has 0 heterocycles. The molecule has 1 aromatic rings. The van der Waals surface area contributed by atoms with Gasteiger partial charge in [-0.3, -0.25) is 9.59 Å². The Morgan fingerprint density at radius 2 is 2.14 bits per heavy atom. The third-order valence-corrected chi connectivity index (χ3v) is 4.15. The van der Waals surface area contributed by atoms with Crippen molar-refractivity contribution in [1.29, 1.82) is 0 Å². The summed E-state index contributed by atoms with van der Waals surface area (Å²) in [6.07, 6.45) is 1.57. The molecule has 2 unspecified atom stereocenters. The van der Waals surface area contributed by atoms with Crippen molar-refractivity contribution in [3.8, 4) is 0 Å². The van der Waals surface area contributed by atoms with Gasteiger partial charge in [0.1, 0.15) is 11.6 Å². The predicted octanol–water partition coefficient (Wildman–Crippen LogP) is 2.27. The second kappa shape index (κ2) is 5.79. The third kappa shape index (κ3) is 3.20. The number of halogens is 2. The molecule has 114 valence electrons. The first-order valence-corrected chi connectivity index (χ1v) is 6.79. The van der Waals surface area contributed by atoms with E-state index in [1.54, 1.807) is 6.92 Å². The van der Waals surface area contributed by atoms with Gasteiger partial charge in [-0.05, 0) is 31.4 Å². The Kier molecular flexibility index (Phi) is 4.25. The molecule has 2 N–H and O–H groups in total. The highest BCUT2D eigenvalue weighted by molar-refractivity contribution is 5.81. The topological polar surface area (TPSA) is 66.4 Å². The third-order valence-electron chi connectivity index (χ3n) is 4.15. The minimum absolute atomic E-state index is 0.0870. The molecular formula is C15H17F2NO3. The van der Waals surface area contributed by atoms with Crippen molar-refractivity contribution in [2.24, 2.45) is 5.41 Å². The van der Waals surface area contributed by atoms with Gasteiger partial charge in [-0.25, -0.2) is 8.78 Å². The van der Waals surface area contributed by atoms with E-state index in [9.17, 15) is 23.5 Å². The lowest BCUT2D eigenvalue weighted by molar-refractivity contribution is -0.149. The molecule has 0 radical (unpaired) electrons. The average Bonchev–Trinajstić information content (AvgIpc) is 2.76. The zero-order chi connectivity index (χ0) is 15.6. The van der Waals surface area contributed by atoms with Gasteiger partial charge in [0.15, 0.2) is 0 Å². The van der Waals surface area contributed by atoms with Gasteiger partial charge in [0, 0.05) is 12.1 Å². The van der Waals surface area contributed by atoms with Gasteiger partial charge in [-0.15, -0.1) is 0 Å². The smallest absolute Gasteiger partial charge is 0.311 e. The summed E-state index contributed by atoms with van der Waals surface area (Å²) >= 11 is 0. The standard InChI is InChI=1S/C15H17F2NO3/c1-15(14(20)21)6-2-3-12(15)18-13(19)7-9-4-5-10(16)8-11(9)17/h4-5,8,12H,2-3,6-7H2,1H3,(H,18,19)(H,20,21). The first-order chi connectivity index (χ1) is 9.83. The average molecular weight is 297 g/mol. The van der Waals surface area contributed by atoms with Crippen LogP contribution in [-0.4, -0.2) is 23.0 Å². The molecule has 4 nitrogen and oxygen atoms in total. The zero-order valence-electron chi connectivity index (χ0n) is 11.7. The molecule has 1 aliphatic carbocycles. The molecule has 1 aromatic carbocycles. The molecule has 2 rings (SSSR count). The van der Waals surface area contributed by atoms with Crippen LogP contribution < -0.4 is 5.32 Å². The van der Waals surface area contributed by atoms with E-state index in [1.807, 2.05) is 0 Å². The molecule has 0 saturated heterocycles. The van der Waals surface area contributed by atoms with Crippen LogP contribution >= 0.6 is 0 Å². The maximum atomic E-state index is 13.5. The lowest BCUT2D eigenvalue weighted by atomic mass is 9.85. The van der Waals surface area contributed by atoms with Gasteiger partial charge in [0.2, 0.25) is 5.91 Å². The number of amides is 1. The number of hydrogen-bond acceptors (Lipinski definition) is 2. The van der Waals surface area contributed by atoms with E-state index in [0.29, 0.717) is 12.8 Å². The normalized spacial score (nSPS) is 24.8. The number of hydrogen-bond donors (Lipinski definition) is 2. The molecule has 1 saturated carbocycles. The molecule has 0 aliphatic heterocycles. The molecule has 0 bridgehead atoms. The SMILES string of the molecule is CC1(C(=O)O)CCCC1NC(=O)Cc1ccc(F)cc1F.